The molecule has 5 nitrogen and oxygen atoms in total. The summed E-state index contributed by atoms with van der Waals surface area (Å²) in [6.45, 7) is 3.56. The molecule has 3 rings (SSSR count). The first-order chi connectivity index (χ1) is 10.8. The van der Waals surface area contributed by atoms with Gasteiger partial charge in [0.05, 0.1) is 6.20 Å². The molecule has 1 aliphatic rings. The van der Waals surface area contributed by atoms with Crippen LogP contribution in [-0.2, 0) is 0 Å². The van der Waals surface area contributed by atoms with Crippen LogP contribution in [0.5, 0.6) is 0 Å². The average Bonchev–Trinajstić information content (AvgIpc) is 2.62. The van der Waals surface area contributed by atoms with Crippen LogP contribution in [0.4, 0.5) is 11.5 Å². The van der Waals surface area contributed by atoms with Crippen LogP contribution < -0.4 is 9.80 Å². The summed E-state index contributed by atoms with van der Waals surface area (Å²) in [5.41, 5.74) is 1.79. The second kappa shape index (κ2) is 6.67. The van der Waals surface area contributed by atoms with Crippen LogP contribution in [0.3, 0.4) is 0 Å². The Morgan fingerprint density at radius 3 is 2.41 bits per heavy atom. The molecule has 1 saturated heterocycles. The molecule has 0 unspecified atom stereocenters. The van der Waals surface area contributed by atoms with Crippen molar-refractivity contribution in [2.75, 3.05) is 42.2 Å². The largest absolute Gasteiger partial charge is 0.368 e. The third kappa shape index (κ3) is 3.00. The first-order valence-corrected chi connectivity index (χ1v) is 8.40. The molecule has 0 amide bonds. The van der Waals surface area contributed by atoms with Crippen LogP contribution in [0.25, 0.3) is 0 Å². The topological polar surface area (TPSA) is 56.1 Å². The Morgan fingerprint density at radius 1 is 1.09 bits per heavy atom. The maximum Gasteiger partial charge on any atom is 0.189 e. The predicted molar refractivity (Wildman–Crippen MR) is 89.4 cm³/mol. The summed E-state index contributed by atoms with van der Waals surface area (Å²) in [7, 11) is 0. The molecule has 0 aliphatic carbocycles. The van der Waals surface area contributed by atoms with Crippen molar-refractivity contribution in [1.29, 1.82) is 5.26 Å². The van der Waals surface area contributed by atoms with Crippen LogP contribution in [0.2, 0.25) is 0 Å². The zero-order valence-corrected chi connectivity index (χ0v) is 13.3. The second-order valence-corrected chi connectivity index (χ2v) is 5.79. The molecule has 0 bridgehead atoms. The standard InChI is InChI=1S/C16H17N5S/c1-22-16-18-12-13(11-17)15(19-16)21-9-7-20(8-10-21)14-5-3-2-4-6-14/h2-6,12H,7-10H2,1H3. The van der Waals surface area contributed by atoms with Crippen LogP contribution in [-0.4, -0.2) is 42.4 Å². The van der Waals surface area contributed by atoms with Crippen LogP contribution in [0, 0.1) is 11.3 Å². The number of nitriles is 1. The molecule has 22 heavy (non-hydrogen) atoms. The highest BCUT2D eigenvalue weighted by atomic mass is 32.2. The van der Waals surface area contributed by atoms with Gasteiger partial charge in [0.1, 0.15) is 11.6 Å². The van der Waals surface area contributed by atoms with E-state index < -0.39 is 0 Å². The summed E-state index contributed by atoms with van der Waals surface area (Å²) < 4.78 is 0. The molecule has 1 fully saturated rings. The fourth-order valence-corrected chi connectivity index (χ4v) is 2.93. The maximum atomic E-state index is 9.27. The number of nitrogens with zero attached hydrogens (tertiary/aromatic N) is 5. The first kappa shape index (κ1) is 14.7. The fraction of sp³-hybridized carbons (Fsp3) is 0.312. The van der Waals surface area contributed by atoms with E-state index in [1.165, 1.54) is 17.4 Å². The Balaban J connectivity index is 1.75. The van der Waals surface area contributed by atoms with Crippen molar-refractivity contribution >= 4 is 23.3 Å². The number of rotatable bonds is 3. The number of piperazine rings is 1. The van der Waals surface area contributed by atoms with E-state index in [2.05, 4.69) is 50.1 Å². The molecular weight excluding hydrogens is 294 g/mol. The lowest BCUT2D eigenvalue weighted by Gasteiger charge is -2.37. The summed E-state index contributed by atoms with van der Waals surface area (Å²) in [6.07, 6.45) is 3.57. The van der Waals surface area contributed by atoms with Crippen LogP contribution in [0.1, 0.15) is 5.56 Å². The lowest BCUT2D eigenvalue weighted by atomic mass is 10.2. The minimum Gasteiger partial charge on any atom is -0.368 e. The Bertz CT molecular complexity index is 675. The number of thioether (sulfide) groups is 1. The van der Waals surface area contributed by atoms with Crippen molar-refractivity contribution in [3.8, 4) is 6.07 Å². The Kier molecular flexibility index (Phi) is 4.45. The number of benzene rings is 1. The van der Waals surface area contributed by atoms with Gasteiger partial charge < -0.3 is 9.80 Å². The van der Waals surface area contributed by atoms with Crippen molar-refractivity contribution in [3.05, 3.63) is 42.1 Å². The van der Waals surface area contributed by atoms with E-state index in [9.17, 15) is 5.26 Å². The van der Waals surface area contributed by atoms with Gasteiger partial charge in [-0.2, -0.15) is 5.26 Å². The number of hydrogen-bond donors (Lipinski definition) is 0. The van der Waals surface area contributed by atoms with Gasteiger partial charge in [-0.3, -0.25) is 0 Å². The monoisotopic (exact) mass is 311 g/mol. The molecule has 2 heterocycles. The second-order valence-electron chi connectivity index (χ2n) is 5.02. The van der Waals surface area contributed by atoms with Gasteiger partial charge in [0.15, 0.2) is 11.0 Å². The van der Waals surface area contributed by atoms with E-state index in [0.29, 0.717) is 10.7 Å². The number of para-hydroxylation sites is 1. The molecule has 2 aromatic rings. The highest BCUT2D eigenvalue weighted by molar-refractivity contribution is 7.98. The molecule has 0 N–H and O–H groups in total. The van der Waals surface area contributed by atoms with Crippen molar-refractivity contribution in [3.63, 3.8) is 0 Å². The van der Waals surface area contributed by atoms with E-state index in [4.69, 9.17) is 0 Å². The van der Waals surface area contributed by atoms with Crippen molar-refractivity contribution in [2.24, 2.45) is 0 Å². The van der Waals surface area contributed by atoms with Gasteiger partial charge in [-0.15, -0.1) is 0 Å². The molecule has 0 spiro atoms. The molecule has 1 aromatic carbocycles. The Labute approximate surface area is 134 Å². The highest BCUT2D eigenvalue weighted by Gasteiger charge is 2.21. The van der Waals surface area contributed by atoms with Gasteiger partial charge in [0, 0.05) is 31.9 Å². The molecule has 1 aliphatic heterocycles. The van der Waals surface area contributed by atoms with E-state index in [1.807, 2.05) is 12.3 Å². The van der Waals surface area contributed by atoms with Gasteiger partial charge in [-0.1, -0.05) is 30.0 Å². The predicted octanol–water partition coefficient (Wildman–Crippen LogP) is 2.40. The zero-order valence-electron chi connectivity index (χ0n) is 12.4. The molecule has 112 valence electrons. The smallest absolute Gasteiger partial charge is 0.189 e. The van der Waals surface area contributed by atoms with E-state index in [0.717, 1.165) is 32.0 Å². The maximum absolute atomic E-state index is 9.27. The van der Waals surface area contributed by atoms with E-state index >= 15 is 0 Å². The van der Waals surface area contributed by atoms with Crippen molar-refractivity contribution in [2.45, 2.75) is 5.16 Å². The number of anilines is 2. The average molecular weight is 311 g/mol. The molecule has 0 atom stereocenters. The summed E-state index contributed by atoms with van der Waals surface area (Å²) in [6, 6.07) is 12.6. The zero-order chi connectivity index (χ0) is 15.4. The van der Waals surface area contributed by atoms with Crippen molar-refractivity contribution in [1.82, 2.24) is 9.97 Å². The lowest BCUT2D eigenvalue weighted by Crippen LogP contribution is -2.47. The van der Waals surface area contributed by atoms with Gasteiger partial charge in [-0.25, -0.2) is 9.97 Å². The lowest BCUT2D eigenvalue weighted by molar-refractivity contribution is 0.642. The SMILES string of the molecule is CSc1ncc(C#N)c(N2CCN(c3ccccc3)CC2)n1. The van der Waals surface area contributed by atoms with Gasteiger partial charge in [-0.05, 0) is 18.4 Å². The molecule has 0 saturated carbocycles. The van der Waals surface area contributed by atoms with E-state index in [-0.39, 0.29) is 0 Å². The summed E-state index contributed by atoms with van der Waals surface area (Å²) >= 11 is 1.49. The first-order valence-electron chi connectivity index (χ1n) is 7.18. The normalized spacial score (nSPS) is 14.7. The number of aromatic nitrogens is 2. The van der Waals surface area contributed by atoms with Gasteiger partial charge in [0.2, 0.25) is 0 Å². The van der Waals surface area contributed by atoms with Crippen molar-refractivity contribution < 1.29 is 0 Å². The molecule has 0 radical (unpaired) electrons. The Morgan fingerprint density at radius 2 is 1.77 bits per heavy atom. The van der Waals surface area contributed by atoms with E-state index in [1.54, 1.807) is 6.20 Å². The summed E-state index contributed by atoms with van der Waals surface area (Å²) in [5.74, 6) is 0.759. The summed E-state index contributed by atoms with van der Waals surface area (Å²) in [4.78, 5) is 13.2. The summed E-state index contributed by atoms with van der Waals surface area (Å²) in [5, 5.41) is 9.98. The molecule has 6 heteroatoms. The van der Waals surface area contributed by atoms with Gasteiger partial charge >= 0.3 is 0 Å². The quantitative estimate of drug-likeness (QED) is 0.641. The third-order valence-electron chi connectivity index (χ3n) is 3.75. The third-order valence-corrected chi connectivity index (χ3v) is 4.31. The highest BCUT2D eigenvalue weighted by Crippen LogP contribution is 2.23. The Hall–Kier alpha value is -2.26. The minimum absolute atomic E-state index is 0.547. The van der Waals surface area contributed by atoms with Gasteiger partial charge in [0.25, 0.3) is 0 Å². The minimum atomic E-state index is 0.547. The molecular formula is C16H17N5S. The van der Waals surface area contributed by atoms with Crippen LogP contribution in [0.15, 0.2) is 41.7 Å². The fourth-order valence-electron chi connectivity index (χ4n) is 2.59. The molecule has 1 aromatic heterocycles. The van der Waals surface area contributed by atoms with Crippen LogP contribution >= 0.6 is 11.8 Å². The number of hydrogen-bond acceptors (Lipinski definition) is 6.